The Morgan fingerprint density at radius 3 is 2.36 bits per heavy atom. The van der Waals surface area contributed by atoms with Crippen molar-refractivity contribution in [1.82, 2.24) is 0 Å². The quantitative estimate of drug-likeness (QED) is 0.310. The van der Waals surface area contributed by atoms with Gasteiger partial charge in [0.1, 0.15) is 23.9 Å². The van der Waals surface area contributed by atoms with E-state index in [1.54, 1.807) is 0 Å². The SMILES string of the molecule is CCCc1cc(Oc2cccc(-c3ccccc3)c2)ccc1OCC=C(Br)Br. The summed E-state index contributed by atoms with van der Waals surface area (Å²) < 4.78 is 12.9. The maximum atomic E-state index is 6.14. The molecule has 0 radical (unpaired) electrons. The summed E-state index contributed by atoms with van der Waals surface area (Å²) in [5.41, 5.74) is 3.46. The first-order valence-electron chi connectivity index (χ1n) is 9.26. The Labute approximate surface area is 183 Å². The van der Waals surface area contributed by atoms with Crippen LogP contribution in [0, 0.1) is 0 Å². The molecule has 3 aromatic carbocycles. The first-order valence-corrected chi connectivity index (χ1v) is 10.8. The fourth-order valence-corrected chi connectivity index (χ4v) is 3.19. The van der Waals surface area contributed by atoms with Gasteiger partial charge in [-0.25, -0.2) is 0 Å². The molecule has 0 aliphatic carbocycles. The van der Waals surface area contributed by atoms with Crippen molar-refractivity contribution < 1.29 is 9.47 Å². The minimum atomic E-state index is 0.502. The van der Waals surface area contributed by atoms with E-state index in [2.05, 4.69) is 69.1 Å². The van der Waals surface area contributed by atoms with Crippen LogP contribution in [0.25, 0.3) is 11.1 Å². The van der Waals surface area contributed by atoms with Crippen molar-refractivity contribution in [3.63, 3.8) is 0 Å². The third-order valence-electron chi connectivity index (χ3n) is 4.20. The molecule has 0 bridgehead atoms. The highest BCUT2D eigenvalue weighted by atomic mass is 79.9. The predicted octanol–water partition coefficient (Wildman–Crippen LogP) is 8.11. The van der Waals surface area contributed by atoms with Gasteiger partial charge in [-0.1, -0.05) is 55.8 Å². The minimum Gasteiger partial charge on any atom is -0.489 e. The molecule has 0 aliphatic heterocycles. The van der Waals surface area contributed by atoms with Crippen LogP contribution >= 0.6 is 31.9 Å². The zero-order valence-corrected chi connectivity index (χ0v) is 18.9. The number of hydrogen-bond acceptors (Lipinski definition) is 2. The molecule has 0 heterocycles. The molecule has 0 unspecified atom stereocenters. The number of benzene rings is 3. The summed E-state index contributed by atoms with van der Waals surface area (Å²) in [6, 6.07) is 24.5. The van der Waals surface area contributed by atoms with E-state index in [1.807, 2.05) is 48.5 Å². The topological polar surface area (TPSA) is 18.5 Å². The minimum absolute atomic E-state index is 0.502. The Bertz CT molecular complexity index is 932. The van der Waals surface area contributed by atoms with Gasteiger partial charge in [0.15, 0.2) is 0 Å². The van der Waals surface area contributed by atoms with Crippen molar-refractivity contribution in [1.29, 1.82) is 0 Å². The zero-order chi connectivity index (χ0) is 19.8. The summed E-state index contributed by atoms with van der Waals surface area (Å²) in [6.45, 7) is 2.66. The lowest BCUT2D eigenvalue weighted by atomic mass is 10.1. The highest BCUT2D eigenvalue weighted by Gasteiger charge is 2.07. The number of aryl methyl sites for hydroxylation is 1. The molecule has 3 aromatic rings. The number of hydrogen-bond donors (Lipinski definition) is 0. The summed E-state index contributed by atoms with van der Waals surface area (Å²) in [6.07, 6.45) is 3.91. The largest absolute Gasteiger partial charge is 0.489 e. The van der Waals surface area contributed by atoms with Gasteiger partial charge in [-0.2, -0.15) is 0 Å². The molecule has 0 spiro atoms. The lowest BCUT2D eigenvalue weighted by Gasteiger charge is -2.13. The van der Waals surface area contributed by atoms with Crippen LogP contribution in [0.1, 0.15) is 18.9 Å². The Kier molecular flexibility index (Phi) is 7.75. The third kappa shape index (κ3) is 5.98. The van der Waals surface area contributed by atoms with Gasteiger partial charge >= 0.3 is 0 Å². The Morgan fingerprint density at radius 1 is 0.857 bits per heavy atom. The first-order chi connectivity index (χ1) is 13.7. The summed E-state index contributed by atoms with van der Waals surface area (Å²) in [5, 5.41) is 0. The predicted molar refractivity (Wildman–Crippen MR) is 124 cm³/mol. The average molecular weight is 502 g/mol. The van der Waals surface area contributed by atoms with Crippen LogP contribution < -0.4 is 9.47 Å². The number of ether oxygens (including phenoxy) is 2. The summed E-state index contributed by atoms with van der Waals surface area (Å²) >= 11 is 6.69. The van der Waals surface area contributed by atoms with Crippen molar-refractivity contribution in [2.24, 2.45) is 0 Å². The second-order valence-corrected chi connectivity index (χ2v) is 9.09. The summed E-state index contributed by atoms with van der Waals surface area (Å²) in [5.74, 6) is 2.53. The van der Waals surface area contributed by atoms with Crippen molar-refractivity contribution in [2.75, 3.05) is 6.61 Å². The molecule has 2 nitrogen and oxygen atoms in total. The van der Waals surface area contributed by atoms with Crippen LogP contribution in [-0.4, -0.2) is 6.61 Å². The maximum absolute atomic E-state index is 6.14. The Morgan fingerprint density at radius 2 is 1.61 bits per heavy atom. The highest BCUT2D eigenvalue weighted by Crippen LogP contribution is 2.31. The molecule has 144 valence electrons. The van der Waals surface area contributed by atoms with Gasteiger partial charge < -0.3 is 9.47 Å². The fourth-order valence-electron chi connectivity index (χ4n) is 2.93. The Balaban J connectivity index is 1.78. The van der Waals surface area contributed by atoms with Crippen molar-refractivity contribution in [3.05, 3.63) is 87.8 Å². The molecule has 0 fully saturated rings. The van der Waals surface area contributed by atoms with Crippen LogP contribution in [-0.2, 0) is 6.42 Å². The normalized spacial score (nSPS) is 10.4. The molecule has 0 atom stereocenters. The van der Waals surface area contributed by atoms with Gasteiger partial charge in [-0.05, 0) is 91.4 Å². The van der Waals surface area contributed by atoms with Crippen molar-refractivity contribution >= 4 is 31.9 Å². The smallest absolute Gasteiger partial charge is 0.128 e. The monoisotopic (exact) mass is 500 g/mol. The molecule has 0 aliphatic rings. The second-order valence-electron chi connectivity index (χ2n) is 6.32. The molecule has 3 rings (SSSR count). The van der Waals surface area contributed by atoms with E-state index >= 15 is 0 Å². The van der Waals surface area contributed by atoms with Gasteiger partial charge in [0, 0.05) is 0 Å². The van der Waals surface area contributed by atoms with Gasteiger partial charge in [0.25, 0.3) is 0 Å². The zero-order valence-electron chi connectivity index (χ0n) is 15.7. The first kappa shape index (κ1) is 20.7. The standard InChI is InChI=1S/C24H22Br2O2/c1-2-7-20-17-22(12-13-23(20)27-15-14-24(25)26)28-21-11-6-10-19(16-21)18-8-4-3-5-9-18/h3-6,8-14,16-17H,2,7,15H2,1H3. The number of halogens is 2. The van der Waals surface area contributed by atoms with E-state index in [1.165, 1.54) is 5.56 Å². The van der Waals surface area contributed by atoms with Crippen LogP contribution in [0.15, 0.2) is 82.3 Å². The van der Waals surface area contributed by atoms with E-state index < -0.39 is 0 Å². The molecule has 28 heavy (non-hydrogen) atoms. The molecule has 0 saturated heterocycles. The molecule has 0 saturated carbocycles. The van der Waals surface area contributed by atoms with Crippen molar-refractivity contribution in [2.45, 2.75) is 19.8 Å². The molecule has 0 amide bonds. The Hall–Kier alpha value is -2.04. The summed E-state index contributed by atoms with van der Waals surface area (Å²) in [4.78, 5) is 0. The van der Waals surface area contributed by atoms with E-state index in [-0.39, 0.29) is 0 Å². The molecule has 4 heteroatoms. The number of rotatable bonds is 8. The molecular weight excluding hydrogens is 480 g/mol. The van der Waals surface area contributed by atoms with E-state index in [9.17, 15) is 0 Å². The van der Waals surface area contributed by atoms with E-state index in [4.69, 9.17) is 9.47 Å². The van der Waals surface area contributed by atoms with E-state index in [0.717, 1.165) is 44.6 Å². The fraction of sp³-hybridized carbons (Fsp3) is 0.167. The molecule has 0 aromatic heterocycles. The van der Waals surface area contributed by atoms with Gasteiger partial charge in [-0.3, -0.25) is 0 Å². The van der Waals surface area contributed by atoms with Gasteiger partial charge in [-0.15, -0.1) is 0 Å². The molecular formula is C24H22Br2O2. The van der Waals surface area contributed by atoms with Crippen LogP contribution in [0.4, 0.5) is 0 Å². The van der Waals surface area contributed by atoms with E-state index in [0.29, 0.717) is 6.61 Å². The van der Waals surface area contributed by atoms with Gasteiger partial charge in [0.05, 0.1) is 3.39 Å². The summed E-state index contributed by atoms with van der Waals surface area (Å²) in [7, 11) is 0. The maximum Gasteiger partial charge on any atom is 0.128 e. The average Bonchev–Trinajstić information content (AvgIpc) is 2.70. The van der Waals surface area contributed by atoms with Crippen molar-refractivity contribution in [3.8, 4) is 28.4 Å². The third-order valence-corrected chi connectivity index (χ3v) is 4.85. The van der Waals surface area contributed by atoms with Gasteiger partial charge in [0.2, 0.25) is 0 Å². The lowest BCUT2D eigenvalue weighted by Crippen LogP contribution is -1.98. The van der Waals surface area contributed by atoms with Crippen LogP contribution in [0.3, 0.4) is 0 Å². The highest BCUT2D eigenvalue weighted by molar-refractivity contribution is 9.28. The van der Waals surface area contributed by atoms with Crippen LogP contribution in [0.5, 0.6) is 17.2 Å². The second kappa shape index (κ2) is 10.5. The molecule has 0 N–H and O–H groups in total. The lowest BCUT2D eigenvalue weighted by molar-refractivity contribution is 0.357. The van der Waals surface area contributed by atoms with Crippen LogP contribution in [0.2, 0.25) is 0 Å².